The molecule has 0 bridgehead atoms. The van der Waals surface area contributed by atoms with Gasteiger partial charge < -0.3 is 15.1 Å². The lowest BCUT2D eigenvalue weighted by molar-refractivity contribution is -0.140. The monoisotopic (exact) mass is 330 g/mol. The van der Waals surface area contributed by atoms with Gasteiger partial charge in [0, 0.05) is 57.2 Å². The number of carbonyl (C=O) groups is 2. The van der Waals surface area contributed by atoms with Gasteiger partial charge in [-0.05, 0) is 37.8 Å². The molecule has 6 nitrogen and oxygen atoms in total. The third-order valence-corrected chi connectivity index (χ3v) is 5.07. The fourth-order valence-corrected chi connectivity index (χ4v) is 3.65. The van der Waals surface area contributed by atoms with Crippen LogP contribution in [0.1, 0.15) is 32.6 Å². The molecule has 3 heterocycles. The lowest BCUT2D eigenvalue weighted by atomic mass is 9.95. The molecule has 2 aliphatic heterocycles. The number of likely N-dealkylation sites (tertiary alicyclic amines) is 2. The minimum Gasteiger partial charge on any atom is -0.382 e. The van der Waals surface area contributed by atoms with Crippen LogP contribution in [-0.4, -0.2) is 58.8 Å². The average molecular weight is 330 g/mol. The van der Waals surface area contributed by atoms with Crippen molar-refractivity contribution in [1.29, 1.82) is 0 Å². The number of hydrogen-bond donors (Lipinski definition) is 1. The maximum absolute atomic E-state index is 12.7. The molecule has 24 heavy (non-hydrogen) atoms. The Bertz CT molecular complexity index is 570. The van der Waals surface area contributed by atoms with Gasteiger partial charge in [0.1, 0.15) is 0 Å². The van der Waals surface area contributed by atoms with Crippen LogP contribution in [0.2, 0.25) is 0 Å². The van der Waals surface area contributed by atoms with Gasteiger partial charge >= 0.3 is 0 Å². The highest BCUT2D eigenvalue weighted by molar-refractivity contribution is 5.81. The Hall–Kier alpha value is -2.11. The summed E-state index contributed by atoms with van der Waals surface area (Å²) in [5.74, 6) is 0.281. The standard InChI is InChI=1S/C18H26N4O2/c1-14(23)22-10-2-3-15(13-22)18(24)21-11-6-17(7-12-21)20-16-4-8-19-9-5-16/h4-5,8-9,15,17H,2-3,6-7,10-13H2,1H3,(H,19,20). The highest BCUT2D eigenvalue weighted by Gasteiger charge is 2.32. The van der Waals surface area contributed by atoms with E-state index in [1.807, 2.05) is 21.9 Å². The van der Waals surface area contributed by atoms with E-state index in [2.05, 4.69) is 10.3 Å². The van der Waals surface area contributed by atoms with Gasteiger partial charge in [-0.3, -0.25) is 14.6 Å². The summed E-state index contributed by atoms with van der Waals surface area (Å²) in [7, 11) is 0. The first-order chi connectivity index (χ1) is 11.6. The zero-order valence-electron chi connectivity index (χ0n) is 14.3. The first-order valence-corrected chi connectivity index (χ1v) is 8.84. The summed E-state index contributed by atoms with van der Waals surface area (Å²) < 4.78 is 0. The Morgan fingerprint density at radius 3 is 2.46 bits per heavy atom. The highest BCUT2D eigenvalue weighted by Crippen LogP contribution is 2.22. The van der Waals surface area contributed by atoms with Gasteiger partial charge in [-0.1, -0.05) is 0 Å². The Labute approximate surface area is 143 Å². The molecule has 130 valence electrons. The van der Waals surface area contributed by atoms with Gasteiger partial charge in [0.25, 0.3) is 0 Å². The number of amides is 2. The van der Waals surface area contributed by atoms with Gasteiger partial charge in [-0.25, -0.2) is 0 Å². The van der Waals surface area contributed by atoms with Crippen molar-refractivity contribution in [2.24, 2.45) is 5.92 Å². The number of anilines is 1. The summed E-state index contributed by atoms with van der Waals surface area (Å²) in [6, 6.07) is 4.34. The predicted octanol–water partition coefficient (Wildman–Crippen LogP) is 1.74. The van der Waals surface area contributed by atoms with E-state index in [9.17, 15) is 9.59 Å². The molecule has 0 radical (unpaired) electrons. The van der Waals surface area contributed by atoms with Crippen LogP contribution >= 0.6 is 0 Å². The molecule has 1 atom stereocenters. The number of carbonyl (C=O) groups excluding carboxylic acids is 2. The normalized spacial score (nSPS) is 22.3. The second-order valence-corrected chi connectivity index (χ2v) is 6.78. The van der Waals surface area contributed by atoms with Crippen LogP contribution in [0.15, 0.2) is 24.5 Å². The van der Waals surface area contributed by atoms with Crippen LogP contribution in [0.5, 0.6) is 0 Å². The van der Waals surface area contributed by atoms with Crippen molar-refractivity contribution in [2.45, 2.75) is 38.6 Å². The van der Waals surface area contributed by atoms with Gasteiger partial charge in [0.05, 0.1) is 5.92 Å². The van der Waals surface area contributed by atoms with E-state index in [4.69, 9.17) is 0 Å². The largest absolute Gasteiger partial charge is 0.382 e. The van der Waals surface area contributed by atoms with Crippen molar-refractivity contribution in [1.82, 2.24) is 14.8 Å². The Balaban J connectivity index is 1.49. The molecule has 1 unspecified atom stereocenters. The lowest BCUT2D eigenvalue weighted by Crippen LogP contribution is -2.49. The van der Waals surface area contributed by atoms with E-state index in [-0.39, 0.29) is 17.7 Å². The van der Waals surface area contributed by atoms with Crippen LogP contribution in [0.4, 0.5) is 5.69 Å². The number of piperidine rings is 2. The van der Waals surface area contributed by atoms with Crippen molar-refractivity contribution >= 4 is 17.5 Å². The number of rotatable bonds is 3. The number of nitrogens with zero attached hydrogens (tertiary/aromatic N) is 3. The Morgan fingerprint density at radius 2 is 1.79 bits per heavy atom. The summed E-state index contributed by atoms with van der Waals surface area (Å²) in [6.07, 6.45) is 7.30. The highest BCUT2D eigenvalue weighted by atomic mass is 16.2. The Kier molecular flexibility index (Phi) is 5.33. The second kappa shape index (κ2) is 7.64. The molecule has 0 aliphatic carbocycles. The third-order valence-electron chi connectivity index (χ3n) is 5.07. The van der Waals surface area contributed by atoms with Crippen LogP contribution in [0, 0.1) is 5.92 Å². The summed E-state index contributed by atoms with van der Waals surface area (Å²) in [5.41, 5.74) is 1.08. The first-order valence-electron chi connectivity index (χ1n) is 8.84. The SMILES string of the molecule is CC(=O)N1CCCC(C(=O)N2CCC(Nc3ccncc3)CC2)C1. The maximum Gasteiger partial charge on any atom is 0.227 e. The zero-order chi connectivity index (χ0) is 16.9. The van der Waals surface area contributed by atoms with Crippen molar-refractivity contribution < 1.29 is 9.59 Å². The van der Waals surface area contributed by atoms with E-state index in [0.717, 1.165) is 51.0 Å². The summed E-state index contributed by atoms with van der Waals surface area (Å²) in [6.45, 7) is 4.54. The predicted molar refractivity (Wildman–Crippen MR) is 92.4 cm³/mol. The molecule has 1 aromatic rings. The molecule has 1 N–H and O–H groups in total. The molecular formula is C18H26N4O2. The molecular weight excluding hydrogens is 304 g/mol. The number of hydrogen-bond acceptors (Lipinski definition) is 4. The first kappa shape index (κ1) is 16.7. The number of aromatic nitrogens is 1. The van der Waals surface area contributed by atoms with Gasteiger partial charge in [-0.15, -0.1) is 0 Å². The van der Waals surface area contributed by atoms with Crippen molar-refractivity contribution in [3.8, 4) is 0 Å². The quantitative estimate of drug-likeness (QED) is 0.917. The van der Waals surface area contributed by atoms with E-state index in [0.29, 0.717) is 12.6 Å². The van der Waals surface area contributed by atoms with Gasteiger partial charge in [0.2, 0.25) is 11.8 Å². The molecule has 2 saturated heterocycles. The second-order valence-electron chi connectivity index (χ2n) is 6.78. The summed E-state index contributed by atoms with van der Waals surface area (Å²) in [5, 5.41) is 3.51. The summed E-state index contributed by atoms with van der Waals surface area (Å²) >= 11 is 0. The van der Waals surface area contributed by atoms with Gasteiger partial charge in [-0.2, -0.15) is 0 Å². The van der Waals surface area contributed by atoms with E-state index in [1.165, 1.54) is 0 Å². The summed E-state index contributed by atoms with van der Waals surface area (Å²) in [4.78, 5) is 32.1. The lowest BCUT2D eigenvalue weighted by Gasteiger charge is -2.38. The molecule has 1 aromatic heterocycles. The smallest absolute Gasteiger partial charge is 0.227 e. The van der Waals surface area contributed by atoms with Crippen molar-refractivity contribution in [3.05, 3.63) is 24.5 Å². The van der Waals surface area contributed by atoms with Crippen molar-refractivity contribution in [3.63, 3.8) is 0 Å². The maximum atomic E-state index is 12.7. The minimum absolute atomic E-state index is 0.0210. The Morgan fingerprint density at radius 1 is 1.08 bits per heavy atom. The van der Waals surface area contributed by atoms with Crippen LogP contribution < -0.4 is 5.32 Å². The van der Waals surface area contributed by atoms with Crippen LogP contribution in [-0.2, 0) is 9.59 Å². The average Bonchev–Trinajstić information content (AvgIpc) is 2.63. The van der Waals surface area contributed by atoms with Crippen LogP contribution in [0.3, 0.4) is 0 Å². The molecule has 3 rings (SSSR count). The molecule has 2 aliphatic rings. The topological polar surface area (TPSA) is 65.5 Å². The molecule has 0 saturated carbocycles. The fraction of sp³-hybridized carbons (Fsp3) is 0.611. The van der Waals surface area contributed by atoms with Crippen LogP contribution in [0.25, 0.3) is 0 Å². The van der Waals surface area contributed by atoms with Crippen molar-refractivity contribution in [2.75, 3.05) is 31.5 Å². The molecule has 0 aromatic carbocycles. The molecule has 2 amide bonds. The zero-order valence-corrected chi connectivity index (χ0v) is 14.3. The van der Waals surface area contributed by atoms with E-state index >= 15 is 0 Å². The van der Waals surface area contributed by atoms with E-state index < -0.39 is 0 Å². The van der Waals surface area contributed by atoms with E-state index in [1.54, 1.807) is 19.3 Å². The number of pyridine rings is 1. The fourth-order valence-electron chi connectivity index (χ4n) is 3.65. The number of nitrogens with one attached hydrogen (secondary N) is 1. The molecule has 2 fully saturated rings. The third kappa shape index (κ3) is 4.04. The van der Waals surface area contributed by atoms with Gasteiger partial charge in [0.15, 0.2) is 0 Å². The molecule has 6 heteroatoms. The molecule has 0 spiro atoms. The minimum atomic E-state index is -0.0210.